The second-order valence-electron chi connectivity index (χ2n) is 5.12. The van der Waals surface area contributed by atoms with Crippen LogP contribution in [0.1, 0.15) is 12.8 Å². The molecule has 2 aliphatic rings. The van der Waals surface area contributed by atoms with E-state index in [1.807, 2.05) is 0 Å². The lowest BCUT2D eigenvalue weighted by atomic mass is 10.5. The molecule has 112 valence electrons. The first kappa shape index (κ1) is 16.0. The van der Waals surface area contributed by atoms with Crippen molar-refractivity contribution < 1.29 is 18.9 Å². The zero-order valence-corrected chi connectivity index (χ0v) is 13.6. The standard InChI is InChI=1S/C12H22Cl2O4Si/c13-19(14,5-1-3-15-7-11-9-17-11)6-2-4-16-8-12-10-18-12/h11-12H,1-10H2. The van der Waals surface area contributed by atoms with Crippen molar-refractivity contribution in [2.24, 2.45) is 0 Å². The summed E-state index contributed by atoms with van der Waals surface area (Å²) in [5.41, 5.74) is 0. The van der Waals surface area contributed by atoms with Gasteiger partial charge in [-0.2, -0.15) is 0 Å². The first-order valence-corrected chi connectivity index (χ1v) is 11.4. The Morgan fingerprint density at radius 1 is 0.895 bits per heavy atom. The summed E-state index contributed by atoms with van der Waals surface area (Å²) < 4.78 is 21.1. The van der Waals surface area contributed by atoms with Gasteiger partial charge < -0.3 is 18.9 Å². The Labute approximate surface area is 125 Å². The fourth-order valence-electron chi connectivity index (χ4n) is 1.75. The largest absolute Gasteiger partial charge is 0.379 e. The summed E-state index contributed by atoms with van der Waals surface area (Å²) >= 11 is 12.8. The van der Waals surface area contributed by atoms with Gasteiger partial charge in [0.25, 0.3) is 6.69 Å². The quantitative estimate of drug-likeness (QED) is 0.239. The molecule has 0 aromatic heterocycles. The predicted octanol–water partition coefficient (Wildman–Crippen LogP) is 2.52. The lowest BCUT2D eigenvalue weighted by Gasteiger charge is -2.16. The van der Waals surface area contributed by atoms with Gasteiger partial charge in [0, 0.05) is 13.2 Å². The van der Waals surface area contributed by atoms with E-state index < -0.39 is 6.69 Å². The van der Waals surface area contributed by atoms with Crippen LogP contribution in [0.15, 0.2) is 0 Å². The lowest BCUT2D eigenvalue weighted by Crippen LogP contribution is -2.20. The highest BCUT2D eigenvalue weighted by molar-refractivity contribution is 7.45. The minimum atomic E-state index is -2.10. The van der Waals surface area contributed by atoms with Gasteiger partial charge in [0.15, 0.2) is 0 Å². The summed E-state index contributed by atoms with van der Waals surface area (Å²) in [7, 11) is 0. The number of hydrogen-bond donors (Lipinski definition) is 0. The number of ether oxygens (including phenoxy) is 4. The Bertz CT molecular complexity index is 236. The van der Waals surface area contributed by atoms with E-state index in [0.717, 1.165) is 51.4 Å². The maximum Gasteiger partial charge on any atom is 0.251 e. The molecule has 0 aromatic rings. The Balaban J connectivity index is 1.38. The molecule has 2 saturated heterocycles. The van der Waals surface area contributed by atoms with Gasteiger partial charge in [-0.05, 0) is 24.9 Å². The number of halogens is 2. The molecule has 2 fully saturated rings. The molecule has 19 heavy (non-hydrogen) atoms. The van der Waals surface area contributed by atoms with Crippen LogP contribution >= 0.6 is 22.2 Å². The van der Waals surface area contributed by atoms with Crippen LogP contribution in [0.4, 0.5) is 0 Å². The van der Waals surface area contributed by atoms with E-state index in [-0.39, 0.29) is 0 Å². The third kappa shape index (κ3) is 8.50. The van der Waals surface area contributed by atoms with E-state index in [0.29, 0.717) is 25.4 Å². The van der Waals surface area contributed by atoms with Gasteiger partial charge in [0.2, 0.25) is 0 Å². The first-order chi connectivity index (χ1) is 9.16. The predicted molar refractivity (Wildman–Crippen MR) is 77.4 cm³/mol. The lowest BCUT2D eigenvalue weighted by molar-refractivity contribution is 0.116. The molecule has 0 amide bonds. The SMILES string of the molecule is Cl[Si](Cl)(CCCOCC1CO1)CCCOCC1CO1. The van der Waals surface area contributed by atoms with E-state index >= 15 is 0 Å². The van der Waals surface area contributed by atoms with Crippen LogP contribution < -0.4 is 0 Å². The molecule has 2 aliphatic heterocycles. The smallest absolute Gasteiger partial charge is 0.251 e. The molecule has 0 aliphatic carbocycles. The zero-order chi connectivity index (χ0) is 13.6. The topological polar surface area (TPSA) is 43.5 Å². The van der Waals surface area contributed by atoms with Gasteiger partial charge in [0.05, 0.1) is 26.4 Å². The zero-order valence-electron chi connectivity index (χ0n) is 11.1. The van der Waals surface area contributed by atoms with Gasteiger partial charge in [-0.3, -0.25) is 0 Å². The Kier molecular flexibility index (Phi) is 6.89. The monoisotopic (exact) mass is 328 g/mol. The van der Waals surface area contributed by atoms with Gasteiger partial charge in [0.1, 0.15) is 12.2 Å². The highest BCUT2D eigenvalue weighted by Crippen LogP contribution is 2.28. The number of epoxide rings is 2. The number of hydrogen-bond acceptors (Lipinski definition) is 4. The normalized spacial score (nSPS) is 25.6. The average Bonchev–Trinajstić information content (AvgIpc) is 3.23. The van der Waals surface area contributed by atoms with Crippen LogP contribution in [0, 0.1) is 0 Å². The molecule has 0 radical (unpaired) electrons. The second kappa shape index (κ2) is 8.17. The van der Waals surface area contributed by atoms with Gasteiger partial charge in [-0.15, -0.1) is 22.2 Å². The van der Waals surface area contributed by atoms with Crippen LogP contribution in [-0.2, 0) is 18.9 Å². The molecule has 7 heteroatoms. The fourth-order valence-corrected chi connectivity index (χ4v) is 4.93. The molecule has 0 bridgehead atoms. The molecular formula is C12H22Cl2O4Si. The molecular weight excluding hydrogens is 307 g/mol. The molecule has 2 heterocycles. The minimum Gasteiger partial charge on any atom is -0.379 e. The minimum absolute atomic E-state index is 0.335. The summed E-state index contributed by atoms with van der Waals surface area (Å²) in [6.45, 7) is 2.44. The van der Waals surface area contributed by atoms with E-state index in [9.17, 15) is 0 Å². The Morgan fingerprint density at radius 3 is 1.68 bits per heavy atom. The van der Waals surface area contributed by atoms with Gasteiger partial charge in [-0.25, -0.2) is 0 Å². The molecule has 2 atom stereocenters. The van der Waals surface area contributed by atoms with Crippen molar-refractivity contribution in [2.45, 2.75) is 37.1 Å². The molecule has 2 rings (SSSR count). The first-order valence-electron chi connectivity index (χ1n) is 6.92. The van der Waals surface area contributed by atoms with Crippen molar-refractivity contribution in [3.8, 4) is 0 Å². The van der Waals surface area contributed by atoms with Crippen molar-refractivity contribution in [1.82, 2.24) is 0 Å². The van der Waals surface area contributed by atoms with Crippen LogP contribution in [-0.4, -0.2) is 58.5 Å². The van der Waals surface area contributed by atoms with E-state index in [4.69, 9.17) is 41.1 Å². The molecule has 0 N–H and O–H groups in total. The Hall–Kier alpha value is 0.637. The van der Waals surface area contributed by atoms with E-state index in [2.05, 4.69) is 0 Å². The van der Waals surface area contributed by atoms with E-state index in [1.54, 1.807) is 0 Å². The van der Waals surface area contributed by atoms with Gasteiger partial charge in [-0.1, -0.05) is 0 Å². The molecule has 0 spiro atoms. The van der Waals surface area contributed by atoms with Crippen LogP contribution in [0.25, 0.3) is 0 Å². The summed E-state index contributed by atoms with van der Waals surface area (Å²) in [5, 5.41) is 0. The molecule has 4 nitrogen and oxygen atoms in total. The maximum absolute atomic E-state index is 6.39. The van der Waals surface area contributed by atoms with Crippen molar-refractivity contribution in [2.75, 3.05) is 39.6 Å². The molecule has 0 aromatic carbocycles. The van der Waals surface area contributed by atoms with Gasteiger partial charge >= 0.3 is 0 Å². The van der Waals surface area contributed by atoms with Crippen molar-refractivity contribution in [3.63, 3.8) is 0 Å². The highest BCUT2D eigenvalue weighted by atomic mass is 35.7. The fraction of sp³-hybridized carbons (Fsp3) is 1.00. The number of rotatable bonds is 12. The summed E-state index contributed by atoms with van der Waals surface area (Å²) in [4.78, 5) is 0. The van der Waals surface area contributed by atoms with Crippen molar-refractivity contribution in [1.29, 1.82) is 0 Å². The summed E-state index contributed by atoms with van der Waals surface area (Å²) in [5.74, 6) is 0. The second-order valence-corrected chi connectivity index (χ2v) is 12.8. The third-order valence-corrected chi connectivity index (χ3v) is 7.51. The van der Waals surface area contributed by atoms with Crippen LogP contribution in [0.5, 0.6) is 0 Å². The van der Waals surface area contributed by atoms with Crippen LogP contribution in [0.2, 0.25) is 12.1 Å². The molecule has 2 unspecified atom stereocenters. The summed E-state index contributed by atoms with van der Waals surface area (Å²) in [6.07, 6.45) is 2.54. The van der Waals surface area contributed by atoms with Crippen molar-refractivity contribution in [3.05, 3.63) is 0 Å². The highest BCUT2D eigenvalue weighted by Gasteiger charge is 2.28. The summed E-state index contributed by atoms with van der Waals surface area (Å²) in [6, 6.07) is 1.76. The van der Waals surface area contributed by atoms with E-state index in [1.165, 1.54) is 0 Å². The van der Waals surface area contributed by atoms with Crippen LogP contribution in [0.3, 0.4) is 0 Å². The Morgan fingerprint density at radius 2 is 1.32 bits per heavy atom. The van der Waals surface area contributed by atoms with Crippen molar-refractivity contribution >= 4 is 28.9 Å². The third-order valence-electron chi connectivity index (χ3n) is 3.07. The average molecular weight is 329 g/mol. The maximum atomic E-state index is 6.39. The molecule has 0 saturated carbocycles.